The van der Waals surface area contributed by atoms with Crippen LogP contribution in [-0.4, -0.2) is 46.2 Å². The van der Waals surface area contributed by atoms with Gasteiger partial charge in [0.25, 0.3) is 0 Å². The van der Waals surface area contributed by atoms with Gasteiger partial charge in [0.05, 0.1) is 23.6 Å². The maximum atomic E-state index is 4.57. The normalized spacial score (nSPS) is 15.1. The van der Waals surface area contributed by atoms with E-state index in [9.17, 15) is 0 Å². The summed E-state index contributed by atoms with van der Waals surface area (Å²) in [5.41, 5.74) is 7.29. The first-order chi connectivity index (χ1) is 16.4. The summed E-state index contributed by atoms with van der Waals surface area (Å²) in [5.74, 6) is 0.838. The SMILES string of the molecule is Cc1cccc([C@@H](C)Nc2nnc(C)c3ccc(N4CCN(c5cnn(C)c5)CC4)cc23)c1C. The fourth-order valence-electron chi connectivity index (χ4n) is 4.90. The molecular weight excluding hydrogens is 422 g/mol. The minimum absolute atomic E-state index is 0.131. The summed E-state index contributed by atoms with van der Waals surface area (Å²) in [6, 6.07) is 13.3. The molecule has 0 spiro atoms. The molecule has 0 amide bonds. The summed E-state index contributed by atoms with van der Waals surface area (Å²) in [6.07, 6.45) is 4.03. The Balaban J connectivity index is 1.40. The molecule has 2 aromatic carbocycles. The van der Waals surface area contributed by atoms with Gasteiger partial charge in [0.2, 0.25) is 0 Å². The topological polar surface area (TPSA) is 62.1 Å². The number of benzene rings is 2. The maximum Gasteiger partial charge on any atom is 0.157 e. The lowest BCUT2D eigenvalue weighted by molar-refractivity contribution is 0.653. The molecule has 7 heteroatoms. The molecule has 1 atom stereocenters. The minimum atomic E-state index is 0.131. The number of hydrogen-bond acceptors (Lipinski definition) is 6. The van der Waals surface area contributed by atoms with E-state index in [-0.39, 0.29) is 6.04 Å². The number of aryl methyl sites for hydroxylation is 3. The Morgan fingerprint density at radius 1 is 0.882 bits per heavy atom. The van der Waals surface area contributed by atoms with E-state index in [4.69, 9.17) is 0 Å². The van der Waals surface area contributed by atoms with E-state index >= 15 is 0 Å². The van der Waals surface area contributed by atoms with Gasteiger partial charge in [-0.15, -0.1) is 5.10 Å². The largest absolute Gasteiger partial charge is 0.368 e. The highest BCUT2D eigenvalue weighted by Gasteiger charge is 2.20. The van der Waals surface area contributed by atoms with Crippen LogP contribution in [0.2, 0.25) is 0 Å². The first-order valence-corrected chi connectivity index (χ1v) is 12.0. The number of hydrogen-bond donors (Lipinski definition) is 1. The summed E-state index contributed by atoms with van der Waals surface area (Å²) in [5, 5.41) is 19.2. The van der Waals surface area contributed by atoms with Crippen LogP contribution >= 0.6 is 0 Å². The smallest absolute Gasteiger partial charge is 0.157 e. The van der Waals surface area contributed by atoms with Crippen LogP contribution in [0.4, 0.5) is 17.2 Å². The van der Waals surface area contributed by atoms with E-state index < -0.39 is 0 Å². The zero-order valence-corrected chi connectivity index (χ0v) is 20.7. The van der Waals surface area contributed by atoms with E-state index in [1.165, 1.54) is 28.1 Å². The molecule has 0 unspecified atom stereocenters. The van der Waals surface area contributed by atoms with Crippen LogP contribution < -0.4 is 15.1 Å². The lowest BCUT2D eigenvalue weighted by Crippen LogP contribution is -2.46. The molecule has 3 heterocycles. The molecule has 0 bridgehead atoms. The molecule has 176 valence electrons. The van der Waals surface area contributed by atoms with Crippen molar-refractivity contribution in [1.29, 1.82) is 0 Å². The van der Waals surface area contributed by atoms with Gasteiger partial charge in [-0.3, -0.25) is 4.68 Å². The Labute approximate surface area is 201 Å². The zero-order chi connectivity index (χ0) is 23.8. The summed E-state index contributed by atoms with van der Waals surface area (Å²) >= 11 is 0. The summed E-state index contributed by atoms with van der Waals surface area (Å²) in [7, 11) is 1.96. The highest BCUT2D eigenvalue weighted by Crippen LogP contribution is 2.31. The van der Waals surface area contributed by atoms with E-state index in [1.807, 2.05) is 24.9 Å². The molecule has 2 aromatic heterocycles. The Morgan fingerprint density at radius 3 is 2.32 bits per heavy atom. The molecule has 1 aliphatic rings. The van der Waals surface area contributed by atoms with Gasteiger partial charge in [-0.2, -0.15) is 10.2 Å². The second-order valence-electron chi connectivity index (χ2n) is 9.37. The second kappa shape index (κ2) is 8.97. The molecule has 34 heavy (non-hydrogen) atoms. The number of rotatable bonds is 5. The van der Waals surface area contributed by atoms with Crippen molar-refractivity contribution in [2.75, 3.05) is 41.3 Å². The van der Waals surface area contributed by atoms with Gasteiger partial charge < -0.3 is 15.1 Å². The van der Waals surface area contributed by atoms with Crippen molar-refractivity contribution < 1.29 is 0 Å². The number of nitrogens with one attached hydrogen (secondary N) is 1. The Kier molecular flexibility index (Phi) is 5.86. The average molecular weight is 456 g/mol. The van der Waals surface area contributed by atoms with Crippen molar-refractivity contribution in [3.63, 3.8) is 0 Å². The second-order valence-corrected chi connectivity index (χ2v) is 9.37. The Morgan fingerprint density at radius 2 is 1.62 bits per heavy atom. The van der Waals surface area contributed by atoms with Crippen molar-refractivity contribution in [1.82, 2.24) is 20.0 Å². The van der Waals surface area contributed by atoms with Gasteiger partial charge in [-0.25, -0.2) is 0 Å². The third-order valence-corrected chi connectivity index (χ3v) is 7.12. The van der Waals surface area contributed by atoms with Crippen LogP contribution in [0.3, 0.4) is 0 Å². The van der Waals surface area contributed by atoms with Crippen molar-refractivity contribution in [3.05, 3.63) is 71.2 Å². The van der Waals surface area contributed by atoms with Crippen LogP contribution in [-0.2, 0) is 7.05 Å². The maximum absolute atomic E-state index is 4.57. The third-order valence-electron chi connectivity index (χ3n) is 7.12. The molecule has 1 aliphatic heterocycles. The minimum Gasteiger partial charge on any atom is -0.368 e. The van der Waals surface area contributed by atoms with Crippen molar-refractivity contribution in [3.8, 4) is 0 Å². The number of anilines is 3. The highest BCUT2D eigenvalue weighted by atomic mass is 15.3. The van der Waals surface area contributed by atoms with Crippen LogP contribution in [0.1, 0.15) is 35.3 Å². The molecule has 4 aromatic rings. The fraction of sp³-hybridized carbons (Fsp3) is 0.370. The number of nitrogens with zero attached hydrogens (tertiary/aromatic N) is 6. The van der Waals surface area contributed by atoms with E-state index in [2.05, 4.69) is 93.8 Å². The van der Waals surface area contributed by atoms with E-state index in [0.717, 1.165) is 48.5 Å². The molecule has 1 N–H and O–H groups in total. The van der Waals surface area contributed by atoms with Gasteiger partial charge >= 0.3 is 0 Å². The molecule has 0 saturated carbocycles. The number of fused-ring (bicyclic) bond motifs is 1. The van der Waals surface area contributed by atoms with Crippen molar-refractivity contribution in [2.45, 2.75) is 33.7 Å². The molecule has 0 aliphatic carbocycles. The molecule has 1 saturated heterocycles. The van der Waals surface area contributed by atoms with Gasteiger partial charge in [-0.05, 0) is 56.5 Å². The van der Waals surface area contributed by atoms with Crippen LogP contribution in [0.25, 0.3) is 10.8 Å². The standard InChI is InChI=1S/C27H33N7/c1-18-7-6-8-24(19(18)2)20(3)29-27-26-15-22(9-10-25(26)21(4)30-31-27)33-11-13-34(14-12-33)23-16-28-32(5)17-23/h6-10,15-17,20H,11-14H2,1-5H3,(H,29,31)/t20-/m1/s1. The fourth-order valence-corrected chi connectivity index (χ4v) is 4.90. The summed E-state index contributed by atoms with van der Waals surface area (Å²) < 4.78 is 1.86. The van der Waals surface area contributed by atoms with Crippen molar-refractivity contribution >= 4 is 28.0 Å². The van der Waals surface area contributed by atoms with Gasteiger partial charge in [0, 0.05) is 55.9 Å². The number of aromatic nitrogens is 4. The lowest BCUT2D eigenvalue weighted by Gasteiger charge is -2.36. The van der Waals surface area contributed by atoms with Gasteiger partial charge in [-0.1, -0.05) is 24.3 Å². The number of piperazine rings is 1. The average Bonchev–Trinajstić information content (AvgIpc) is 3.28. The molecular formula is C27H33N7. The monoisotopic (exact) mass is 455 g/mol. The predicted octanol–water partition coefficient (Wildman–Crippen LogP) is 4.79. The van der Waals surface area contributed by atoms with Crippen molar-refractivity contribution in [2.24, 2.45) is 7.05 Å². The summed E-state index contributed by atoms with van der Waals surface area (Å²) in [4.78, 5) is 4.86. The predicted molar refractivity (Wildman–Crippen MR) is 140 cm³/mol. The molecule has 5 rings (SSSR count). The molecule has 0 radical (unpaired) electrons. The van der Waals surface area contributed by atoms with Crippen LogP contribution in [0.15, 0.2) is 48.8 Å². The Hall–Kier alpha value is -3.61. The first kappa shape index (κ1) is 22.2. The molecule has 1 fully saturated rings. The van der Waals surface area contributed by atoms with Gasteiger partial charge in [0.15, 0.2) is 5.82 Å². The van der Waals surface area contributed by atoms with E-state index in [1.54, 1.807) is 0 Å². The molecule has 7 nitrogen and oxygen atoms in total. The highest BCUT2D eigenvalue weighted by molar-refractivity contribution is 5.95. The van der Waals surface area contributed by atoms with Crippen LogP contribution in [0.5, 0.6) is 0 Å². The van der Waals surface area contributed by atoms with Crippen LogP contribution in [0, 0.1) is 20.8 Å². The van der Waals surface area contributed by atoms with Gasteiger partial charge in [0.1, 0.15) is 0 Å². The third kappa shape index (κ3) is 4.18. The lowest BCUT2D eigenvalue weighted by atomic mass is 9.98. The quantitative estimate of drug-likeness (QED) is 0.467. The summed E-state index contributed by atoms with van der Waals surface area (Å²) in [6.45, 7) is 12.5. The Bertz CT molecular complexity index is 1320. The van der Waals surface area contributed by atoms with E-state index in [0.29, 0.717) is 0 Å². The first-order valence-electron chi connectivity index (χ1n) is 12.0. The zero-order valence-electron chi connectivity index (χ0n) is 20.7.